The number of carbonyl (C=O) groups excluding carboxylic acids is 2. The Bertz CT molecular complexity index is 332. The number of esters is 2. The van der Waals surface area contributed by atoms with Crippen LogP contribution in [0.25, 0.3) is 0 Å². The van der Waals surface area contributed by atoms with Gasteiger partial charge in [-0.3, -0.25) is 0 Å². The van der Waals surface area contributed by atoms with Crippen LogP contribution in [0.5, 0.6) is 0 Å². The van der Waals surface area contributed by atoms with Crippen molar-refractivity contribution in [3.63, 3.8) is 0 Å². The van der Waals surface area contributed by atoms with Crippen LogP contribution in [-0.2, 0) is 28.6 Å². The monoisotopic (exact) mass is 261 g/mol. The number of carbonyl (C=O) groups is 3. The molecule has 0 aromatic heterocycles. The summed E-state index contributed by atoms with van der Waals surface area (Å²) in [6.45, 7) is 3.16. The molecule has 0 atom stereocenters. The topological polar surface area (TPSA) is 125 Å². The van der Waals surface area contributed by atoms with Crippen molar-refractivity contribution in [2.45, 2.75) is 20.0 Å². The fourth-order valence-electron chi connectivity index (χ4n) is 0.835. The highest BCUT2D eigenvalue weighted by molar-refractivity contribution is 5.98. The molecular weight excluding hydrogens is 246 g/mol. The Morgan fingerprint density at radius 1 is 1.17 bits per heavy atom. The predicted octanol–water partition coefficient (Wildman–Crippen LogP) is -0.617. The maximum atomic E-state index is 11.4. The predicted molar refractivity (Wildman–Crippen MR) is 58.0 cm³/mol. The molecule has 0 aliphatic carbocycles. The van der Waals surface area contributed by atoms with Crippen LogP contribution in [0.1, 0.15) is 13.8 Å². The number of aliphatic carboxylic acids is 1. The van der Waals surface area contributed by atoms with Gasteiger partial charge in [-0.1, -0.05) is 0 Å². The smallest absolute Gasteiger partial charge is 0.359 e. The van der Waals surface area contributed by atoms with Gasteiger partial charge in [0.1, 0.15) is 6.26 Å². The highest BCUT2D eigenvalue weighted by Gasteiger charge is 2.31. The van der Waals surface area contributed by atoms with Crippen molar-refractivity contribution in [3.8, 4) is 0 Å². The Labute approximate surface area is 103 Å². The van der Waals surface area contributed by atoms with Crippen LogP contribution in [0.2, 0.25) is 0 Å². The van der Waals surface area contributed by atoms with Crippen LogP contribution in [0, 0.1) is 0 Å². The number of hydrogen-bond donors (Lipinski definition) is 2. The SMILES string of the molecule is CCOC(=O)C(O/C=C(\N)C(=O)O)C(=O)OCC. The summed E-state index contributed by atoms with van der Waals surface area (Å²) >= 11 is 0. The molecule has 0 aliphatic heterocycles. The second-order valence-corrected chi connectivity index (χ2v) is 2.90. The largest absolute Gasteiger partial charge is 0.476 e. The molecule has 0 amide bonds. The summed E-state index contributed by atoms with van der Waals surface area (Å²) in [5, 5.41) is 8.47. The van der Waals surface area contributed by atoms with Gasteiger partial charge in [-0.2, -0.15) is 0 Å². The Kier molecular flexibility index (Phi) is 6.94. The van der Waals surface area contributed by atoms with Gasteiger partial charge in [0, 0.05) is 0 Å². The molecule has 0 unspecified atom stereocenters. The minimum Gasteiger partial charge on any atom is -0.476 e. The zero-order valence-electron chi connectivity index (χ0n) is 10.0. The van der Waals surface area contributed by atoms with Crippen molar-refractivity contribution in [1.82, 2.24) is 0 Å². The number of carboxylic acids is 1. The summed E-state index contributed by atoms with van der Waals surface area (Å²) in [5.41, 5.74) is 4.39. The lowest BCUT2D eigenvalue weighted by Crippen LogP contribution is -2.35. The van der Waals surface area contributed by atoms with Crippen molar-refractivity contribution in [3.05, 3.63) is 12.0 Å². The molecule has 0 aliphatic rings. The van der Waals surface area contributed by atoms with E-state index in [1.807, 2.05) is 0 Å². The molecule has 3 N–H and O–H groups in total. The molecule has 18 heavy (non-hydrogen) atoms. The zero-order valence-corrected chi connectivity index (χ0v) is 10.0. The van der Waals surface area contributed by atoms with E-state index in [0.29, 0.717) is 6.26 Å². The van der Waals surface area contributed by atoms with Gasteiger partial charge in [-0.15, -0.1) is 0 Å². The first-order chi connectivity index (χ1) is 8.43. The molecule has 8 nitrogen and oxygen atoms in total. The van der Waals surface area contributed by atoms with E-state index in [1.165, 1.54) is 0 Å². The van der Waals surface area contributed by atoms with Crippen LogP contribution >= 0.6 is 0 Å². The second kappa shape index (κ2) is 7.93. The highest BCUT2D eigenvalue weighted by atomic mass is 16.6. The number of rotatable bonds is 7. The van der Waals surface area contributed by atoms with Gasteiger partial charge >= 0.3 is 17.9 Å². The van der Waals surface area contributed by atoms with Gasteiger partial charge in [0.2, 0.25) is 0 Å². The van der Waals surface area contributed by atoms with E-state index in [9.17, 15) is 14.4 Å². The van der Waals surface area contributed by atoms with Crippen molar-refractivity contribution in [2.24, 2.45) is 5.73 Å². The number of carboxylic acid groups (broad SMARTS) is 1. The van der Waals surface area contributed by atoms with Crippen molar-refractivity contribution < 1.29 is 33.7 Å². The minimum absolute atomic E-state index is 0.0379. The zero-order chi connectivity index (χ0) is 14.1. The summed E-state index contributed by atoms with van der Waals surface area (Å²) in [6, 6.07) is 0. The standard InChI is InChI=1S/C10H15NO7/c1-3-16-9(14)7(10(15)17-4-2)18-5-6(11)8(12)13/h5,7H,3-4,11H2,1-2H3,(H,12,13)/b6-5-. The molecule has 0 heterocycles. The third kappa shape index (κ3) is 5.19. The molecule has 0 spiro atoms. The fourth-order valence-corrected chi connectivity index (χ4v) is 0.835. The van der Waals surface area contributed by atoms with Gasteiger partial charge in [-0.25, -0.2) is 14.4 Å². The van der Waals surface area contributed by atoms with Crippen molar-refractivity contribution >= 4 is 17.9 Å². The Morgan fingerprint density at radius 3 is 1.94 bits per heavy atom. The summed E-state index contributed by atoms with van der Waals surface area (Å²) < 4.78 is 13.8. The average molecular weight is 261 g/mol. The lowest BCUT2D eigenvalue weighted by atomic mass is 10.3. The highest BCUT2D eigenvalue weighted by Crippen LogP contribution is 2.02. The molecule has 0 radical (unpaired) electrons. The lowest BCUT2D eigenvalue weighted by molar-refractivity contribution is -0.169. The van der Waals surface area contributed by atoms with E-state index in [2.05, 4.69) is 14.2 Å². The summed E-state index contributed by atoms with van der Waals surface area (Å²) in [7, 11) is 0. The first kappa shape index (κ1) is 15.8. The Balaban J connectivity index is 4.77. The van der Waals surface area contributed by atoms with Gasteiger partial charge in [-0.05, 0) is 13.8 Å². The normalized spacial score (nSPS) is 10.9. The van der Waals surface area contributed by atoms with Gasteiger partial charge in [0.15, 0.2) is 5.70 Å². The molecular formula is C10H15NO7. The fraction of sp³-hybridized carbons (Fsp3) is 0.500. The first-order valence-electron chi connectivity index (χ1n) is 5.11. The first-order valence-corrected chi connectivity index (χ1v) is 5.11. The van der Waals surface area contributed by atoms with Gasteiger partial charge in [0.05, 0.1) is 13.2 Å². The number of nitrogens with two attached hydrogens (primary N) is 1. The van der Waals surface area contributed by atoms with E-state index < -0.39 is 29.7 Å². The van der Waals surface area contributed by atoms with E-state index >= 15 is 0 Å². The molecule has 0 aromatic carbocycles. The summed E-state index contributed by atoms with van der Waals surface area (Å²) in [6.07, 6.45) is -1.11. The van der Waals surface area contributed by atoms with Gasteiger partial charge in [0.25, 0.3) is 6.10 Å². The third-order valence-corrected chi connectivity index (χ3v) is 1.58. The van der Waals surface area contributed by atoms with Crippen LogP contribution in [0.15, 0.2) is 12.0 Å². The molecule has 102 valence electrons. The molecule has 0 fully saturated rings. The van der Waals surface area contributed by atoms with E-state index in [4.69, 9.17) is 10.8 Å². The van der Waals surface area contributed by atoms with E-state index in [1.54, 1.807) is 13.8 Å². The molecule has 0 saturated carbocycles. The quantitative estimate of drug-likeness (QED) is 0.269. The Hall–Kier alpha value is -2.25. The van der Waals surface area contributed by atoms with Crippen molar-refractivity contribution in [2.75, 3.05) is 13.2 Å². The molecule has 0 aromatic rings. The van der Waals surface area contributed by atoms with Crippen LogP contribution < -0.4 is 5.73 Å². The molecule has 0 bridgehead atoms. The van der Waals surface area contributed by atoms with Crippen LogP contribution in [0.3, 0.4) is 0 Å². The maximum absolute atomic E-state index is 11.4. The lowest BCUT2D eigenvalue weighted by Gasteiger charge is -2.13. The maximum Gasteiger partial charge on any atom is 0.359 e. The van der Waals surface area contributed by atoms with E-state index in [0.717, 1.165) is 0 Å². The minimum atomic E-state index is -1.69. The van der Waals surface area contributed by atoms with Crippen LogP contribution in [-0.4, -0.2) is 42.3 Å². The van der Waals surface area contributed by atoms with Crippen molar-refractivity contribution in [1.29, 1.82) is 0 Å². The molecule has 0 saturated heterocycles. The average Bonchev–Trinajstić information content (AvgIpc) is 2.29. The van der Waals surface area contributed by atoms with Crippen LogP contribution in [0.4, 0.5) is 0 Å². The second-order valence-electron chi connectivity index (χ2n) is 2.90. The molecule has 0 rings (SSSR count). The molecule has 8 heteroatoms. The Morgan fingerprint density at radius 2 is 1.61 bits per heavy atom. The van der Waals surface area contributed by atoms with Gasteiger partial charge < -0.3 is 25.1 Å². The van der Waals surface area contributed by atoms with E-state index in [-0.39, 0.29) is 13.2 Å². The number of ether oxygens (including phenoxy) is 3. The number of hydrogen-bond acceptors (Lipinski definition) is 7. The summed E-state index contributed by atoms with van der Waals surface area (Å²) in [5.74, 6) is -3.41. The third-order valence-electron chi connectivity index (χ3n) is 1.58. The summed E-state index contributed by atoms with van der Waals surface area (Å²) in [4.78, 5) is 33.1.